The fraction of sp³-hybridized carbons (Fsp3) is 0.353. The van der Waals surface area contributed by atoms with Crippen LogP contribution in [0.5, 0.6) is 0 Å². The molecule has 21 heavy (non-hydrogen) atoms. The fourth-order valence-electron chi connectivity index (χ4n) is 2.68. The smallest absolute Gasteiger partial charge is 0.227 e. The average Bonchev–Trinajstić information content (AvgIpc) is 3.14. The van der Waals surface area contributed by atoms with Crippen molar-refractivity contribution in [2.75, 3.05) is 16.8 Å². The summed E-state index contributed by atoms with van der Waals surface area (Å²) >= 11 is 0. The van der Waals surface area contributed by atoms with E-state index in [9.17, 15) is 4.79 Å². The molecule has 1 amide bonds. The van der Waals surface area contributed by atoms with Gasteiger partial charge in [0.1, 0.15) is 0 Å². The first-order valence-electron chi connectivity index (χ1n) is 7.55. The molecule has 2 heterocycles. The third kappa shape index (κ3) is 3.10. The molecular weight excluding hydrogens is 262 g/mol. The summed E-state index contributed by atoms with van der Waals surface area (Å²) in [6.07, 6.45) is 5.89. The van der Waals surface area contributed by atoms with Gasteiger partial charge in [-0.3, -0.25) is 4.79 Å². The first kappa shape index (κ1) is 13.7. The van der Waals surface area contributed by atoms with Crippen LogP contribution in [0.1, 0.15) is 25.3 Å². The Bertz CT molecular complexity index is 615. The van der Waals surface area contributed by atoms with Crippen molar-refractivity contribution in [1.29, 1.82) is 0 Å². The molecule has 0 atom stereocenters. The Morgan fingerprint density at radius 3 is 2.62 bits per heavy atom. The van der Waals surface area contributed by atoms with E-state index >= 15 is 0 Å². The highest BCUT2D eigenvalue weighted by molar-refractivity contribution is 5.95. The Morgan fingerprint density at radius 1 is 1.19 bits per heavy atom. The summed E-state index contributed by atoms with van der Waals surface area (Å²) in [5, 5.41) is 3.41. The number of hydrogen-bond donors (Lipinski definition) is 1. The second-order valence-corrected chi connectivity index (χ2v) is 5.40. The lowest BCUT2D eigenvalue weighted by molar-refractivity contribution is -0.117. The number of carbonyl (C=O) groups is 1. The molecule has 3 rings (SSSR count). The van der Waals surface area contributed by atoms with E-state index in [1.54, 1.807) is 0 Å². The molecule has 4 heteroatoms. The van der Waals surface area contributed by atoms with Gasteiger partial charge in [-0.1, -0.05) is 0 Å². The maximum atomic E-state index is 11.7. The summed E-state index contributed by atoms with van der Waals surface area (Å²) in [4.78, 5) is 13.6. The van der Waals surface area contributed by atoms with Gasteiger partial charge < -0.3 is 14.8 Å². The van der Waals surface area contributed by atoms with Crippen molar-refractivity contribution < 1.29 is 4.79 Å². The van der Waals surface area contributed by atoms with Crippen LogP contribution in [0.15, 0.2) is 42.7 Å². The van der Waals surface area contributed by atoms with E-state index in [-0.39, 0.29) is 5.91 Å². The van der Waals surface area contributed by atoms with Gasteiger partial charge in [0.25, 0.3) is 0 Å². The van der Waals surface area contributed by atoms with Gasteiger partial charge in [0.05, 0.1) is 0 Å². The van der Waals surface area contributed by atoms with Crippen LogP contribution >= 0.6 is 0 Å². The number of carbonyl (C=O) groups excluding carboxylic acids is 1. The van der Waals surface area contributed by atoms with Crippen LogP contribution in [0.25, 0.3) is 0 Å². The molecule has 1 aliphatic heterocycles. The summed E-state index contributed by atoms with van der Waals surface area (Å²) in [6, 6.07) is 10.2. The quantitative estimate of drug-likeness (QED) is 0.914. The van der Waals surface area contributed by atoms with Gasteiger partial charge in [-0.05, 0) is 49.2 Å². The minimum Gasteiger partial charge on any atom is -0.381 e. The average molecular weight is 283 g/mol. The van der Waals surface area contributed by atoms with E-state index in [1.807, 2.05) is 29.2 Å². The zero-order valence-electron chi connectivity index (χ0n) is 12.4. The van der Waals surface area contributed by atoms with Gasteiger partial charge in [0, 0.05) is 49.8 Å². The molecule has 1 aliphatic rings. The number of hydrogen-bond acceptors (Lipinski definition) is 2. The zero-order valence-corrected chi connectivity index (χ0v) is 12.4. The molecule has 110 valence electrons. The molecule has 1 aromatic carbocycles. The van der Waals surface area contributed by atoms with E-state index in [4.69, 9.17) is 0 Å². The first-order valence-corrected chi connectivity index (χ1v) is 7.55. The highest BCUT2D eigenvalue weighted by Gasteiger charge is 2.21. The normalized spacial score (nSPS) is 14.7. The second-order valence-electron chi connectivity index (χ2n) is 5.40. The molecule has 1 aromatic heterocycles. The van der Waals surface area contributed by atoms with Crippen LogP contribution < -0.4 is 10.2 Å². The molecule has 0 radical (unpaired) electrons. The SMILES string of the molecule is CCn1ccc(CNc2ccc(N3CCCC3=O)cc2)c1. The van der Waals surface area contributed by atoms with E-state index in [1.165, 1.54) is 5.56 Å². The number of nitrogens with zero attached hydrogens (tertiary/aromatic N) is 2. The zero-order chi connectivity index (χ0) is 14.7. The maximum absolute atomic E-state index is 11.7. The van der Waals surface area contributed by atoms with E-state index < -0.39 is 0 Å². The van der Waals surface area contributed by atoms with E-state index in [2.05, 4.69) is 35.3 Å². The van der Waals surface area contributed by atoms with Crippen molar-refractivity contribution in [3.63, 3.8) is 0 Å². The van der Waals surface area contributed by atoms with Crippen molar-refractivity contribution in [2.45, 2.75) is 32.9 Å². The van der Waals surface area contributed by atoms with E-state index in [0.717, 1.165) is 37.4 Å². The summed E-state index contributed by atoms with van der Waals surface area (Å²) in [7, 11) is 0. The number of amides is 1. The van der Waals surface area contributed by atoms with Gasteiger partial charge in [0.15, 0.2) is 0 Å². The molecule has 4 nitrogen and oxygen atoms in total. The topological polar surface area (TPSA) is 37.3 Å². The molecule has 2 aromatic rings. The number of nitrogens with one attached hydrogen (secondary N) is 1. The number of aromatic nitrogens is 1. The molecule has 1 N–H and O–H groups in total. The molecule has 1 fully saturated rings. The number of rotatable bonds is 5. The number of anilines is 2. The van der Waals surface area contributed by atoms with Crippen molar-refractivity contribution >= 4 is 17.3 Å². The van der Waals surface area contributed by atoms with Gasteiger partial charge >= 0.3 is 0 Å². The Kier molecular flexibility index (Phi) is 3.95. The Balaban J connectivity index is 1.60. The third-order valence-electron chi connectivity index (χ3n) is 3.93. The largest absolute Gasteiger partial charge is 0.381 e. The monoisotopic (exact) mass is 283 g/mol. The number of aryl methyl sites for hydroxylation is 1. The van der Waals surface area contributed by atoms with Crippen LogP contribution in [-0.4, -0.2) is 17.0 Å². The highest BCUT2D eigenvalue weighted by Crippen LogP contribution is 2.23. The van der Waals surface area contributed by atoms with Crippen molar-refractivity contribution in [1.82, 2.24) is 4.57 Å². The van der Waals surface area contributed by atoms with E-state index in [0.29, 0.717) is 6.42 Å². The standard InChI is InChI=1S/C17H21N3O/c1-2-19-11-9-14(13-19)12-18-15-5-7-16(8-6-15)20-10-3-4-17(20)21/h5-9,11,13,18H,2-4,10,12H2,1H3. The fourth-order valence-corrected chi connectivity index (χ4v) is 2.68. The maximum Gasteiger partial charge on any atom is 0.227 e. The molecule has 0 spiro atoms. The Hall–Kier alpha value is -2.23. The lowest BCUT2D eigenvalue weighted by atomic mass is 10.2. The van der Waals surface area contributed by atoms with Crippen LogP contribution in [0.3, 0.4) is 0 Å². The number of benzene rings is 1. The minimum atomic E-state index is 0.233. The van der Waals surface area contributed by atoms with Gasteiger partial charge in [-0.25, -0.2) is 0 Å². The summed E-state index contributed by atoms with van der Waals surface area (Å²) in [5.41, 5.74) is 3.35. The summed E-state index contributed by atoms with van der Waals surface area (Å²) in [5.74, 6) is 0.233. The van der Waals surface area contributed by atoms with Gasteiger partial charge in [0.2, 0.25) is 5.91 Å². The predicted molar refractivity (Wildman–Crippen MR) is 85.5 cm³/mol. The van der Waals surface area contributed by atoms with Crippen molar-refractivity contribution in [3.05, 3.63) is 48.3 Å². The van der Waals surface area contributed by atoms with Crippen LogP contribution in [0.4, 0.5) is 11.4 Å². The molecular formula is C17H21N3O. The minimum absolute atomic E-state index is 0.233. The Labute approximate surface area is 125 Å². The summed E-state index contributed by atoms with van der Waals surface area (Å²) in [6.45, 7) is 4.79. The lowest BCUT2D eigenvalue weighted by Gasteiger charge is -2.16. The van der Waals surface area contributed by atoms with Crippen LogP contribution in [0, 0.1) is 0 Å². The molecule has 0 bridgehead atoms. The van der Waals surface area contributed by atoms with Gasteiger partial charge in [-0.2, -0.15) is 0 Å². The highest BCUT2D eigenvalue weighted by atomic mass is 16.2. The molecule has 0 saturated carbocycles. The molecule has 0 unspecified atom stereocenters. The predicted octanol–water partition coefficient (Wildman–Crippen LogP) is 3.25. The van der Waals surface area contributed by atoms with Crippen molar-refractivity contribution in [3.8, 4) is 0 Å². The van der Waals surface area contributed by atoms with Crippen molar-refractivity contribution in [2.24, 2.45) is 0 Å². The Morgan fingerprint density at radius 2 is 2.00 bits per heavy atom. The lowest BCUT2D eigenvalue weighted by Crippen LogP contribution is -2.23. The first-order chi connectivity index (χ1) is 10.3. The molecule has 0 aliphatic carbocycles. The van der Waals surface area contributed by atoms with Crippen LogP contribution in [-0.2, 0) is 17.9 Å². The van der Waals surface area contributed by atoms with Gasteiger partial charge in [-0.15, -0.1) is 0 Å². The van der Waals surface area contributed by atoms with Crippen LogP contribution in [0.2, 0.25) is 0 Å². The second kappa shape index (κ2) is 6.04. The summed E-state index contributed by atoms with van der Waals surface area (Å²) < 4.78 is 2.17. The third-order valence-corrected chi connectivity index (χ3v) is 3.93. The molecule has 1 saturated heterocycles.